The molecule has 3 heterocycles. The lowest BCUT2D eigenvalue weighted by Gasteiger charge is -2.44. The minimum atomic E-state index is -4.37. The van der Waals surface area contributed by atoms with Crippen molar-refractivity contribution >= 4 is 12.0 Å². The third-order valence-corrected chi connectivity index (χ3v) is 4.62. The van der Waals surface area contributed by atoms with Crippen LogP contribution >= 0.6 is 0 Å². The van der Waals surface area contributed by atoms with Crippen molar-refractivity contribution in [1.82, 2.24) is 10.2 Å². The molecule has 1 amide bonds. The van der Waals surface area contributed by atoms with Gasteiger partial charge in [-0.3, -0.25) is 4.79 Å². The van der Waals surface area contributed by atoms with E-state index in [4.69, 9.17) is 0 Å². The molecule has 0 radical (unpaired) electrons. The van der Waals surface area contributed by atoms with E-state index in [0.29, 0.717) is 11.5 Å². The minimum absolute atomic E-state index is 0.149. The number of nitrogens with one attached hydrogen (secondary N) is 1. The van der Waals surface area contributed by atoms with Gasteiger partial charge in [-0.25, -0.2) is 0 Å². The van der Waals surface area contributed by atoms with E-state index in [1.807, 2.05) is 0 Å². The fourth-order valence-electron chi connectivity index (χ4n) is 3.35. The summed E-state index contributed by atoms with van der Waals surface area (Å²) < 4.78 is 38.0. The molecule has 124 valence electrons. The Kier molecular flexibility index (Phi) is 4.43. The van der Waals surface area contributed by atoms with E-state index in [0.717, 1.165) is 44.6 Å². The molecule has 3 aliphatic heterocycles. The van der Waals surface area contributed by atoms with Crippen LogP contribution in [-0.2, 0) is 11.0 Å². The summed E-state index contributed by atoms with van der Waals surface area (Å²) >= 11 is 0. The monoisotopic (exact) mass is 324 g/mol. The Hall–Kier alpha value is -1.82. The second-order valence-corrected chi connectivity index (χ2v) is 6.21. The van der Waals surface area contributed by atoms with Gasteiger partial charge < -0.3 is 10.2 Å². The maximum atomic E-state index is 12.7. The molecule has 1 atom stereocenters. The summed E-state index contributed by atoms with van der Waals surface area (Å²) in [6.07, 6.45) is 0.561. The molecule has 3 fully saturated rings. The van der Waals surface area contributed by atoms with Crippen LogP contribution in [0.4, 0.5) is 13.2 Å². The highest BCUT2D eigenvalue weighted by Crippen LogP contribution is 2.30. The van der Waals surface area contributed by atoms with Crippen molar-refractivity contribution in [2.75, 3.05) is 19.6 Å². The van der Waals surface area contributed by atoms with Gasteiger partial charge in [0, 0.05) is 18.7 Å². The summed E-state index contributed by atoms with van der Waals surface area (Å²) in [6, 6.07) is 5.10. The SMILES string of the molecule is O=C(C=Cc1cccc(C(F)(F)F)c1)NC1CN2CCC1CC2. The molecule has 1 aromatic rings. The Balaban J connectivity index is 1.60. The number of benzene rings is 1. The number of halogens is 3. The van der Waals surface area contributed by atoms with Crippen molar-refractivity contribution < 1.29 is 18.0 Å². The quantitative estimate of drug-likeness (QED) is 0.867. The number of piperidine rings is 3. The average Bonchev–Trinajstić information content (AvgIpc) is 2.54. The molecule has 6 heteroatoms. The largest absolute Gasteiger partial charge is 0.416 e. The van der Waals surface area contributed by atoms with E-state index in [1.54, 1.807) is 6.07 Å². The second kappa shape index (κ2) is 6.35. The number of carbonyl (C=O) groups excluding carboxylic acids is 1. The number of rotatable bonds is 3. The number of carbonyl (C=O) groups is 1. The lowest BCUT2D eigenvalue weighted by atomic mass is 9.84. The molecule has 1 aromatic carbocycles. The van der Waals surface area contributed by atoms with Gasteiger partial charge in [-0.15, -0.1) is 0 Å². The Bertz CT molecular complexity index is 604. The van der Waals surface area contributed by atoms with Gasteiger partial charge in [0.1, 0.15) is 0 Å². The summed E-state index contributed by atoms with van der Waals surface area (Å²) in [5.41, 5.74) is -0.346. The van der Waals surface area contributed by atoms with Crippen molar-refractivity contribution in [3.05, 3.63) is 41.5 Å². The molecule has 2 bridgehead atoms. The third kappa shape index (κ3) is 3.93. The normalized spacial score (nSPS) is 27.3. The predicted octanol–water partition coefficient (Wildman–Crippen LogP) is 2.93. The van der Waals surface area contributed by atoms with Crippen LogP contribution in [0.25, 0.3) is 6.08 Å². The van der Waals surface area contributed by atoms with Crippen LogP contribution in [-0.4, -0.2) is 36.5 Å². The van der Waals surface area contributed by atoms with Gasteiger partial charge >= 0.3 is 6.18 Å². The molecule has 4 rings (SSSR count). The molecule has 0 aliphatic carbocycles. The fraction of sp³-hybridized carbons (Fsp3) is 0.471. The lowest BCUT2D eigenvalue weighted by Crippen LogP contribution is -2.57. The molecular formula is C17H19F3N2O. The van der Waals surface area contributed by atoms with Crippen LogP contribution in [0.15, 0.2) is 30.3 Å². The van der Waals surface area contributed by atoms with Gasteiger partial charge in [-0.1, -0.05) is 12.1 Å². The first-order chi connectivity index (χ1) is 10.9. The zero-order valence-electron chi connectivity index (χ0n) is 12.6. The number of amides is 1. The first-order valence-electron chi connectivity index (χ1n) is 7.80. The minimum Gasteiger partial charge on any atom is -0.348 e. The molecule has 1 N–H and O–H groups in total. The maximum absolute atomic E-state index is 12.7. The molecule has 1 unspecified atom stereocenters. The van der Waals surface area contributed by atoms with Crippen LogP contribution in [0.2, 0.25) is 0 Å². The number of fused-ring (bicyclic) bond motifs is 3. The zero-order chi connectivity index (χ0) is 16.4. The number of hydrogen-bond donors (Lipinski definition) is 1. The Morgan fingerprint density at radius 1 is 1.26 bits per heavy atom. The van der Waals surface area contributed by atoms with E-state index in [-0.39, 0.29) is 11.9 Å². The van der Waals surface area contributed by atoms with E-state index in [9.17, 15) is 18.0 Å². The first kappa shape index (κ1) is 16.1. The van der Waals surface area contributed by atoms with Crippen LogP contribution < -0.4 is 5.32 Å². The van der Waals surface area contributed by atoms with Crippen molar-refractivity contribution in [1.29, 1.82) is 0 Å². The third-order valence-electron chi connectivity index (χ3n) is 4.62. The molecule has 0 spiro atoms. The predicted molar refractivity (Wildman–Crippen MR) is 81.6 cm³/mol. The number of alkyl halides is 3. The topological polar surface area (TPSA) is 32.3 Å². The Labute approximate surface area is 133 Å². The summed E-state index contributed by atoms with van der Waals surface area (Å²) in [4.78, 5) is 14.3. The maximum Gasteiger partial charge on any atom is 0.416 e. The van der Waals surface area contributed by atoms with Gasteiger partial charge in [-0.2, -0.15) is 13.2 Å². The highest BCUT2D eigenvalue weighted by Gasteiger charge is 2.34. The molecule has 3 aliphatic rings. The van der Waals surface area contributed by atoms with Crippen molar-refractivity contribution in [2.24, 2.45) is 5.92 Å². The van der Waals surface area contributed by atoms with E-state index in [1.165, 1.54) is 18.2 Å². The molecule has 23 heavy (non-hydrogen) atoms. The molecule has 3 saturated heterocycles. The van der Waals surface area contributed by atoms with Gasteiger partial charge in [0.15, 0.2) is 0 Å². The van der Waals surface area contributed by atoms with E-state index >= 15 is 0 Å². The van der Waals surface area contributed by atoms with Crippen LogP contribution in [0.5, 0.6) is 0 Å². The van der Waals surface area contributed by atoms with Crippen molar-refractivity contribution in [3.8, 4) is 0 Å². The van der Waals surface area contributed by atoms with Gasteiger partial charge in [0.2, 0.25) is 5.91 Å². The Morgan fingerprint density at radius 2 is 2.00 bits per heavy atom. The highest BCUT2D eigenvalue weighted by molar-refractivity contribution is 5.92. The standard InChI is InChI=1S/C17H19F3N2O/c18-17(19,20)14-3-1-2-12(10-14)4-5-16(23)21-15-11-22-8-6-13(15)7-9-22/h1-5,10,13,15H,6-9,11H2,(H,21,23). The van der Waals surface area contributed by atoms with Gasteiger partial charge in [-0.05, 0) is 55.6 Å². The smallest absolute Gasteiger partial charge is 0.348 e. The van der Waals surface area contributed by atoms with E-state index in [2.05, 4.69) is 10.2 Å². The molecule has 0 saturated carbocycles. The van der Waals surface area contributed by atoms with Crippen molar-refractivity contribution in [3.63, 3.8) is 0 Å². The second-order valence-electron chi connectivity index (χ2n) is 6.21. The molecule has 3 nitrogen and oxygen atoms in total. The zero-order valence-corrected chi connectivity index (χ0v) is 12.6. The Morgan fingerprint density at radius 3 is 2.61 bits per heavy atom. The fourth-order valence-corrected chi connectivity index (χ4v) is 3.35. The average molecular weight is 324 g/mol. The van der Waals surface area contributed by atoms with Crippen LogP contribution in [0.3, 0.4) is 0 Å². The van der Waals surface area contributed by atoms with E-state index < -0.39 is 11.7 Å². The number of hydrogen-bond acceptors (Lipinski definition) is 2. The molecule has 0 aromatic heterocycles. The number of nitrogens with zero attached hydrogens (tertiary/aromatic N) is 1. The summed E-state index contributed by atoms with van der Waals surface area (Å²) in [7, 11) is 0. The summed E-state index contributed by atoms with van der Waals surface area (Å²) in [6.45, 7) is 3.06. The van der Waals surface area contributed by atoms with Gasteiger partial charge in [0.05, 0.1) is 5.56 Å². The summed E-state index contributed by atoms with van der Waals surface area (Å²) in [5, 5.41) is 2.98. The summed E-state index contributed by atoms with van der Waals surface area (Å²) in [5.74, 6) is 0.270. The lowest BCUT2D eigenvalue weighted by molar-refractivity contribution is -0.137. The molecular weight excluding hydrogens is 305 g/mol. The van der Waals surface area contributed by atoms with Crippen LogP contribution in [0.1, 0.15) is 24.0 Å². The van der Waals surface area contributed by atoms with Crippen molar-refractivity contribution in [2.45, 2.75) is 25.1 Å². The van der Waals surface area contributed by atoms with Crippen LogP contribution in [0, 0.1) is 5.92 Å². The highest BCUT2D eigenvalue weighted by atomic mass is 19.4. The first-order valence-corrected chi connectivity index (χ1v) is 7.80. The van der Waals surface area contributed by atoms with Gasteiger partial charge in [0.25, 0.3) is 0 Å².